The first-order valence-corrected chi connectivity index (χ1v) is 8.58. The van der Waals surface area contributed by atoms with E-state index in [4.69, 9.17) is 4.99 Å². The average molecular weight is 471 g/mol. The zero-order chi connectivity index (χ0) is 17.6. The number of aliphatic imine (C=N–C) groups is 1. The number of guanidine groups is 1. The molecule has 1 aliphatic heterocycles. The van der Waals surface area contributed by atoms with Gasteiger partial charge < -0.3 is 24.8 Å². The van der Waals surface area contributed by atoms with E-state index in [1.54, 1.807) is 12.4 Å². The van der Waals surface area contributed by atoms with Gasteiger partial charge in [-0.1, -0.05) is 12.1 Å². The third-order valence-electron chi connectivity index (χ3n) is 4.31. The van der Waals surface area contributed by atoms with Gasteiger partial charge in [0.25, 0.3) is 0 Å². The van der Waals surface area contributed by atoms with Crippen LogP contribution in [-0.4, -0.2) is 63.5 Å². The number of phenolic OH excluding ortho intramolecular Hbond substituents is 1. The second-order valence-corrected chi connectivity index (χ2v) is 5.99. The summed E-state index contributed by atoms with van der Waals surface area (Å²) in [5.74, 6) is 2.06. The zero-order valence-corrected chi connectivity index (χ0v) is 17.5. The van der Waals surface area contributed by atoms with Gasteiger partial charge in [-0.05, 0) is 19.1 Å². The Balaban J connectivity index is 0.00000243. The Morgan fingerprint density at radius 2 is 1.96 bits per heavy atom. The number of phenols is 1. The van der Waals surface area contributed by atoms with Crippen molar-refractivity contribution in [1.82, 2.24) is 25.0 Å². The van der Waals surface area contributed by atoms with E-state index in [-0.39, 0.29) is 24.0 Å². The Labute approximate surface area is 170 Å². The Bertz CT molecular complexity index is 725. The van der Waals surface area contributed by atoms with Crippen molar-refractivity contribution in [2.75, 3.05) is 37.6 Å². The summed E-state index contributed by atoms with van der Waals surface area (Å²) in [5.41, 5.74) is 0.892. The van der Waals surface area contributed by atoms with E-state index in [1.807, 2.05) is 29.8 Å². The highest BCUT2D eigenvalue weighted by atomic mass is 127. The van der Waals surface area contributed by atoms with Gasteiger partial charge in [-0.25, -0.2) is 4.99 Å². The lowest BCUT2D eigenvalue weighted by Crippen LogP contribution is -2.52. The predicted octanol–water partition coefficient (Wildman–Crippen LogP) is 1.43. The van der Waals surface area contributed by atoms with Crippen LogP contribution in [0.3, 0.4) is 0 Å². The number of benzene rings is 1. The topological polar surface area (TPSA) is 81.8 Å². The number of nitrogens with zero attached hydrogens (tertiary/aromatic N) is 6. The van der Waals surface area contributed by atoms with Crippen molar-refractivity contribution < 1.29 is 5.11 Å². The summed E-state index contributed by atoms with van der Waals surface area (Å²) in [5, 5.41) is 21.3. The molecular weight excluding hydrogens is 445 g/mol. The van der Waals surface area contributed by atoms with Gasteiger partial charge in [0.05, 0.1) is 5.69 Å². The molecule has 1 aromatic heterocycles. The second-order valence-electron chi connectivity index (χ2n) is 5.99. The highest BCUT2D eigenvalue weighted by Crippen LogP contribution is 2.27. The number of anilines is 1. The normalized spacial score (nSPS) is 14.9. The van der Waals surface area contributed by atoms with Gasteiger partial charge in [0.15, 0.2) is 11.8 Å². The van der Waals surface area contributed by atoms with Crippen molar-refractivity contribution in [3.63, 3.8) is 0 Å². The maximum atomic E-state index is 10.0. The Morgan fingerprint density at radius 1 is 1.23 bits per heavy atom. The molecule has 2 heterocycles. The summed E-state index contributed by atoms with van der Waals surface area (Å²) >= 11 is 0. The van der Waals surface area contributed by atoms with Crippen LogP contribution in [0.4, 0.5) is 5.69 Å². The fraction of sp³-hybridized carbons (Fsp3) is 0.471. The maximum absolute atomic E-state index is 10.0. The molecule has 0 bridgehead atoms. The first kappa shape index (κ1) is 20.3. The molecule has 0 aliphatic carbocycles. The number of hydrogen-bond donors (Lipinski definition) is 2. The van der Waals surface area contributed by atoms with E-state index in [0.717, 1.165) is 50.2 Å². The Kier molecular flexibility index (Phi) is 7.49. The number of para-hydroxylation sites is 2. The van der Waals surface area contributed by atoms with Gasteiger partial charge in [0.1, 0.15) is 18.6 Å². The zero-order valence-electron chi connectivity index (χ0n) is 15.2. The van der Waals surface area contributed by atoms with E-state index < -0.39 is 0 Å². The first-order valence-electron chi connectivity index (χ1n) is 8.58. The predicted molar refractivity (Wildman–Crippen MR) is 113 cm³/mol. The van der Waals surface area contributed by atoms with Crippen LogP contribution < -0.4 is 10.2 Å². The van der Waals surface area contributed by atoms with Crippen molar-refractivity contribution in [3.8, 4) is 5.75 Å². The molecule has 1 saturated heterocycles. The molecule has 9 heteroatoms. The molecule has 26 heavy (non-hydrogen) atoms. The molecule has 1 aromatic carbocycles. The Hall–Kier alpha value is -2.04. The summed E-state index contributed by atoms with van der Waals surface area (Å²) < 4.78 is 1.88. The summed E-state index contributed by atoms with van der Waals surface area (Å²) in [6.45, 7) is 6.75. The third kappa shape index (κ3) is 4.77. The lowest BCUT2D eigenvalue weighted by atomic mass is 10.2. The van der Waals surface area contributed by atoms with E-state index in [1.165, 1.54) is 0 Å². The smallest absolute Gasteiger partial charge is 0.194 e. The van der Waals surface area contributed by atoms with Crippen LogP contribution >= 0.6 is 24.0 Å². The standard InChI is InChI=1S/C17H25N7O.HI/c1-3-18-17(19-12-16-21-20-13-22(16)2)24-10-8-23(9-11-24)14-6-4-5-7-15(14)25;/h4-7,13,25H,3,8-12H2,1-2H3,(H,18,19);1H. The highest BCUT2D eigenvalue weighted by molar-refractivity contribution is 14.0. The molecule has 3 rings (SSSR count). The average Bonchev–Trinajstić information content (AvgIpc) is 3.04. The van der Waals surface area contributed by atoms with Gasteiger partial charge in [-0.3, -0.25) is 0 Å². The van der Waals surface area contributed by atoms with Crippen LogP contribution in [0, 0.1) is 0 Å². The van der Waals surface area contributed by atoms with E-state index in [0.29, 0.717) is 12.3 Å². The minimum Gasteiger partial charge on any atom is -0.506 e. The van der Waals surface area contributed by atoms with Crippen LogP contribution in [0.15, 0.2) is 35.6 Å². The number of aromatic nitrogens is 3. The van der Waals surface area contributed by atoms with Gasteiger partial charge in [-0.2, -0.15) is 0 Å². The number of nitrogens with one attached hydrogen (secondary N) is 1. The van der Waals surface area contributed by atoms with Crippen LogP contribution in [0.2, 0.25) is 0 Å². The third-order valence-corrected chi connectivity index (χ3v) is 4.31. The molecule has 0 saturated carbocycles. The first-order chi connectivity index (χ1) is 12.2. The lowest BCUT2D eigenvalue weighted by molar-refractivity contribution is 0.369. The summed E-state index contributed by atoms with van der Waals surface area (Å²) in [4.78, 5) is 9.15. The van der Waals surface area contributed by atoms with Gasteiger partial charge in [0, 0.05) is 39.8 Å². The highest BCUT2D eigenvalue weighted by Gasteiger charge is 2.21. The van der Waals surface area contributed by atoms with Crippen LogP contribution in [0.5, 0.6) is 5.75 Å². The Morgan fingerprint density at radius 3 is 2.58 bits per heavy atom. The molecule has 2 aromatic rings. The quantitative estimate of drug-likeness (QED) is 0.399. The minimum absolute atomic E-state index is 0. The second kappa shape index (κ2) is 9.60. The molecule has 1 aliphatic rings. The molecule has 0 amide bonds. The van der Waals surface area contributed by atoms with Crippen molar-refractivity contribution in [1.29, 1.82) is 0 Å². The SMILES string of the molecule is CCNC(=NCc1nncn1C)N1CCN(c2ccccc2O)CC1.I. The number of hydrogen-bond acceptors (Lipinski definition) is 5. The van der Waals surface area contributed by atoms with Crippen molar-refractivity contribution in [2.24, 2.45) is 12.0 Å². The fourth-order valence-electron chi connectivity index (χ4n) is 2.91. The molecule has 1 fully saturated rings. The molecule has 0 atom stereocenters. The number of piperazine rings is 1. The molecule has 0 unspecified atom stereocenters. The van der Waals surface area contributed by atoms with Crippen LogP contribution in [0.1, 0.15) is 12.7 Å². The van der Waals surface area contributed by atoms with Crippen LogP contribution in [-0.2, 0) is 13.6 Å². The van der Waals surface area contributed by atoms with Crippen molar-refractivity contribution in [2.45, 2.75) is 13.5 Å². The number of halogens is 1. The number of aromatic hydroxyl groups is 1. The van der Waals surface area contributed by atoms with Gasteiger partial charge >= 0.3 is 0 Å². The van der Waals surface area contributed by atoms with Crippen molar-refractivity contribution in [3.05, 3.63) is 36.4 Å². The molecular formula is C17H26IN7O. The summed E-state index contributed by atoms with van der Waals surface area (Å²) in [7, 11) is 1.92. The monoisotopic (exact) mass is 471 g/mol. The number of rotatable bonds is 4. The summed E-state index contributed by atoms with van der Waals surface area (Å²) in [6.07, 6.45) is 1.68. The van der Waals surface area contributed by atoms with Gasteiger partial charge in [0.2, 0.25) is 0 Å². The minimum atomic E-state index is 0. The number of aryl methyl sites for hydroxylation is 1. The maximum Gasteiger partial charge on any atom is 0.194 e. The van der Waals surface area contributed by atoms with E-state index in [9.17, 15) is 5.11 Å². The van der Waals surface area contributed by atoms with E-state index >= 15 is 0 Å². The molecule has 8 nitrogen and oxygen atoms in total. The molecule has 2 N–H and O–H groups in total. The largest absolute Gasteiger partial charge is 0.506 e. The molecule has 142 valence electrons. The van der Waals surface area contributed by atoms with Gasteiger partial charge in [-0.15, -0.1) is 34.2 Å². The lowest BCUT2D eigenvalue weighted by Gasteiger charge is -2.37. The summed E-state index contributed by atoms with van der Waals surface area (Å²) in [6, 6.07) is 7.48. The van der Waals surface area contributed by atoms with Crippen LogP contribution in [0.25, 0.3) is 0 Å². The van der Waals surface area contributed by atoms with E-state index in [2.05, 4.69) is 32.2 Å². The fourth-order valence-corrected chi connectivity index (χ4v) is 2.91. The van der Waals surface area contributed by atoms with Crippen molar-refractivity contribution >= 4 is 35.6 Å². The molecule has 0 spiro atoms. The molecule has 0 radical (unpaired) electrons.